The Hall–Kier alpha value is -1.69. The van der Waals surface area contributed by atoms with Crippen molar-refractivity contribution in [3.05, 3.63) is 65.7 Å². The van der Waals surface area contributed by atoms with Crippen LogP contribution < -0.4 is 15.8 Å². The SMILES string of the molecule is CSCCC(N)C(=O)NCCc1ccc(OCc2ccccc2)cc1.Cl. The Morgan fingerprint density at radius 3 is 2.46 bits per heavy atom. The van der Waals surface area contributed by atoms with Gasteiger partial charge in [-0.2, -0.15) is 11.8 Å². The second kappa shape index (κ2) is 12.6. The average Bonchev–Trinajstić information content (AvgIpc) is 2.66. The summed E-state index contributed by atoms with van der Waals surface area (Å²) in [5, 5.41) is 2.90. The van der Waals surface area contributed by atoms with Crippen molar-refractivity contribution in [3.63, 3.8) is 0 Å². The zero-order chi connectivity index (χ0) is 17.9. The summed E-state index contributed by atoms with van der Waals surface area (Å²) < 4.78 is 5.77. The Morgan fingerprint density at radius 2 is 1.81 bits per heavy atom. The predicted molar refractivity (Wildman–Crippen MR) is 112 cm³/mol. The number of amides is 1. The fraction of sp³-hybridized carbons (Fsp3) is 0.350. The van der Waals surface area contributed by atoms with Crippen LogP contribution in [0.25, 0.3) is 0 Å². The molecule has 0 aliphatic carbocycles. The van der Waals surface area contributed by atoms with Gasteiger partial charge < -0.3 is 15.8 Å². The minimum absolute atomic E-state index is 0. The number of carbonyl (C=O) groups is 1. The maximum absolute atomic E-state index is 11.8. The second-order valence-electron chi connectivity index (χ2n) is 5.85. The molecule has 1 amide bonds. The number of nitrogens with one attached hydrogen (secondary N) is 1. The molecule has 142 valence electrons. The molecule has 0 heterocycles. The van der Waals surface area contributed by atoms with E-state index in [-0.39, 0.29) is 18.3 Å². The first-order valence-electron chi connectivity index (χ1n) is 8.47. The van der Waals surface area contributed by atoms with E-state index >= 15 is 0 Å². The number of benzene rings is 2. The summed E-state index contributed by atoms with van der Waals surface area (Å²) >= 11 is 1.70. The standard InChI is InChI=1S/C20H26N2O2S.ClH/c1-25-14-12-19(21)20(23)22-13-11-16-7-9-18(10-8-16)24-15-17-5-3-2-4-6-17;/h2-10,19H,11-15,21H2,1H3,(H,22,23);1H. The van der Waals surface area contributed by atoms with E-state index in [9.17, 15) is 4.79 Å². The first-order valence-corrected chi connectivity index (χ1v) is 9.86. The molecule has 4 nitrogen and oxygen atoms in total. The van der Waals surface area contributed by atoms with Crippen LogP contribution in [0.1, 0.15) is 17.5 Å². The van der Waals surface area contributed by atoms with E-state index in [1.807, 2.05) is 60.9 Å². The van der Waals surface area contributed by atoms with Crippen molar-refractivity contribution < 1.29 is 9.53 Å². The first kappa shape index (κ1) is 22.4. The van der Waals surface area contributed by atoms with Gasteiger partial charge in [0.05, 0.1) is 6.04 Å². The van der Waals surface area contributed by atoms with Gasteiger partial charge in [-0.3, -0.25) is 4.79 Å². The number of thioether (sulfide) groups is 1. The molecular formula is C20H27ClN2O2S. The molecule has 1 atom stereocenters. The maximum atomic E-state index is 11.8. The van der Waals surface area contributed by atoms with Gasteiger partial charge in [0.25, 0.3) is 0 Å². The lowest BCUT2D eigenvalue weighted by molar-refractivity contribution is -0.122. The lowest BCUT2D eigenvalue weighted by Gasteiger charge is -2.12. The van der Waals surface area contributed by atoms with Crippen LogP contribution in [0.4, 0.5) is 0 Å². The monoisotopic (exact) mass is 394 g/mol. The summed E-state index contributed by atoms with van der Waals surface area (Å²) in [5.41, 5.74) is 8.14. The number of hydrogen-bond donors (Lipinski definition) is 2. The molecule has 0 bridgehead atoms. The van der Waals surface area contributed by atoms with Gasteiger partial charge in [-0.05, 0) is 48.1 Å². The molecule has 2 aromatic carbocycles. The minimum atomic E-state index is -0.416. The van der Waals surface area contributed by atoms with E-state index in [1.165, 1.54) is 0 Å². The fourth-order valence-corrected chi connectivity index (χ4v) is 2.82. The van der Waals surface area contributed by atoms with Crippen molar-refractivity contribution in [2.45, 2.75) is 25.5 Å². The highest BCUT2D eigenvalue weighted by Crippen LogP contribution is 2.14. The molecule has 0 aromatic heterocycles. The highest BCUT2D eigenvalue weighted by Gasteiger charge is 2.11. The van der Waals surface area contributed by atoms with Gasteiger partial charge in [-0.1, -0.05) is 42.5 Å². The van der Waals surface area contributed by atoms with Gasteiger partial charge in [0.2, 0.25) is 5.91 Å². The smallest absolute Gasteiger partial charge is 0.236 e. The Kier molecular flexibility index (Phi) is 10.9. The summed E-state index contributed by atoms with van der Waals surface area (Å²) in [6, 6.07) is 17.6. The molecule has 0 spiro atoms. The molecule has 2 aromatic rings. The van der Waals surface area contributed by atoms with E-state index in [1.54, 1.807) is 11.8 Å². The van der Waals surface area contributed by atoms with Crippen molar-refractivity contribution in [1.29, 1.82) is 0 Å². The van der Waals surface area contributed by atoms with Crippen molar-refractivity contribution in [2.24, 2.45) is 5.73 Å². The molecule has 2 rings (SSSR count). The zero-order valence-corrected chi connectivity index (χ0v) is 16.7. The van der Waals surface area contributed by atoms with E-state index in [2.05, 4.69) is 5.32 Å². The Morgan fingerprint density at radius 1 is 1.12 bits per heavy atom. The quantitative estimate of drug-likeness (QED) is 0.648. The van der Waals surface area contributed by atoms with Crippen LogP contribution >= 0.6 is 24.2 Å². The van der Waals surface area contributed by atoms with E-state index < -0.39 is 6.04 Å². The topological polar surface area (TPSA) is 64.4 Å². The van der Waals surface area contributed by atoms with Crippen LogP contribution in [0.3, 0.4) is 0 Å². The molecule has 0 radical (unpaired) electrons. The highest BCUT2D eigenvalue weighted by molar-refractivity contribution is 7.98. The predicted octanol–water partition coefficient (Wildman–Crippen LogP) is 3.43. The third kappa shape index (κ3) is 8.13. The lowest BCUT2D eigenvalue weighted by Crippen LogP contribution is -2.41. The van der Waals surface area contributed by atoms with E-state index in [4.69, 9.17) is 10.5 Å². The van der Waals surface area contributed by atoms with Crippen LogP contribution in [0.2, 0.25) is 0 Å². The lowest BCUT2D eigenvalue weighted by atomic mass is 10.1. The molecule has 0 fully saturated rings. The molecule has 0 saturated carbocycles. The molecule has 26 heavy (non-hydrogen) atoms. The van der Waals surface area contributed by atoms with Gasteiger partial charge in [0.15, 0.2) is 0 Å². The van der Waals surface area contributed by atoms with Crippen molar-refractivity contribution in [3.8, 4) is 5.75 Å². The third-order valence-corrected chi connectivity index (χ3v) is 4.50. The molecular weight excluding hydrogens is 368 g/mol. The van der Waals surface area contributed by atoms with E-state index in [0.717, 1.165) is 29.1 Å². The largest absolute Gasteiger partial charge is 0.489 e. The number of ether oxygens (including phenoxy) is 1. The average molecular weight is 395 g/mol. The first-order chi connectivity index (χ1) is 12.2. The normalized spacial score (nSPS) is 11.3. The molecule has 0 aliphatic heterocycles. The number of hydrogen-bond acceptors (Lipinski definition) is 4. The van der Waals surface area contributed by atoms with Crippen LogP contribution in [-0.4, -0.2) is 30.5 Å². The van der Waals surface area contributed by atoms with Crippen LogP contribution in [0.5, 0.6) is 5.75 Å². The highest BCUT2D eigenvalue weighted by atomic mass is 35.5. The second-order valence-corrected chi connectivity index (χ2v) is 6.83. The van der Waals surface area contributed by atoms with Crippen molar-refractivity contribution >= 4 is 30.1 Å². The fourth-order valence-electron chi connectivity index (χ4n) is 2.33. The summed E-state index contributed by atoms with van der Waals surface area (Å²) in [6.07, 6.45) is 3.50. The number of carbonyl (C=O) groups excluding carboxylic acids is 1. The van der Waals surface area contributed by atoms with Gasteiger partial charge in [-0.25, -0.2) is 0 Å². The number of halogens is 1. The Bertz CT molecular complexity index is 638. The summed E-state index contributed by atoms with van der Waals surface area (Å²) in [5.74, 6) is 1.67. The van der Waals surface area contributed by atoms with Crippen molar-refractivity contribution in [1.82, 2.24) is 5.32 Å². The maximum Gasteiger partial charge on any atom is 0.236 e. The van der Waals surface area contributed by atoms with Crippen LogP contribution in [0.15, 0.2) is 54.6 Å². The Labute approximate surface area is 166 Å². The van der Waals surface area contributed by atoms with Crippen LogP contribution in [0, 0.1) is 0 Å². The Balaban J connectivity index is 0.00000338. The minimum Gasteiger partial charge on any atom is -0.489 e. The molecule has 6 heteroatoms. The van der Waals surface area contributed by atoms with Gasteiger partial charge in [-0.15, -0.1) is 12.4 Å². The summed E-state index contributed by atoms with van der Waals surface area (Å²) in [4.78, 5) is 11.8. The third-order valence-electron chi connectivity index (χ3n) is 3.85. The molecule has 0 saturated heterocycles. The summed E-state index contributed by atoms with van der Waals surface area (Å²) in [6.45, 7) is 1.15. The van der Waals surface area contributed by atoms with Gasteiger partial charge >= 0.3 is 0 Å². The van der Waals surface area contributed by atoms with Crippen molar-refractivity contribution in [2.75, 3.05) is 18.6 Å². The molecule has 3 N–H and O–H groups in total. The number of rotatable bonds is 10. The number of nitrogens with two attached hydrogens (primary N) is 1. The van der Waals surface area contributed by atoms with Gasteiger partial charge in [0.1, 0.15) is 12.4 Å². The van der Waals surface area contributed by atoms with Crippen LogP contribution in [-0.2, 0) is 17.8 Å². The molecule has 1 unspecified atom stereocenters. The van der Waals surface area contributed by atoms with E-state index in [0.29, 0.717) is 19.6 Å². The molecule has 0 aliphatic rings. The summed E-state index contributed by atoms with van der Waals surface area (Å²) in [7, 11) is 0. The van der Waals surface area contributed by atoms with Gasteiger partial charge in [0, 0.05) is 6.54 Å². The zero-order valence-electron chi connectivity index (χ0n) is 15.0.